The molecule has 0 amide bonds. The Kier molecular flexibility index (Phi) is 7.99. The summed E-state index contributed by atoms with van der Waals surface area (Å²) in [5, 5.41) is 0. The molecule has 0 aromatic heterocycles. The van der Waals surface area contributed by atoms with E-state index >= 15 is 0 Å². The van der Waals surface area contributed by atoms with Crippen molar-refractivity contribution in [3.63, 3.8) is 0 Å². The van der Waals surface area contributed by atoms with Gasteiger partial charge in [-0.1, -0.05) is 31.6 Å². The smallest absolute Gasteiger partial charge is 0.310 e. The Labute approximate surface area is 232 Å². The fourth-order valence-corrected chi connectivity index (χ4v) is 8.88. The first kappa shape index (κ1) is 27.1. The number of ether oxygens (including phenoxy) is 1. The third-order valence-electron chi connectivity index (χ3n) is 10.5. The first-order chi connectivity index (χ1) is 17.8. The van der Waals surface area contributed by atoms with Crippen LogP contribution in [0.5, 0.6) is 0 Å². The first-order valence-electron chi connectivity index (χ1n) is 14.2. The highest BCUT2D eigenvalue weighted by Crippen LogP contribution is 2.65. The minimum absolute atomic E-state index is 0.00540. The molecule has 4 aliphatic carbocycles. The maximum absolute atomic E-state index is 13.1. The zero-order valence-electron chi connectivity index (χ0n) is 22.3. The van der Waals surface area contributed by atoms with Gasteiger partial charge in [-0.25, -0.2) is 0 Å². The van der Waals surface area contributed by atoms with Gasteiger partial charge in [0.2, 0.25) is 0 Å². The van der Waals surface area contributed by atoms with Crippen molar-refractivity contribution in [3.8, 4) is 0 Å². The molecule has 0 aliphatic heterocycles. The van der Waals surface area contributed by atoms with Crippen molar-refractivity contribution in [1.82, 2.24) is 0 Å². The Balaban J connectivity index is 1.22. The van der Waals surface area contributed by atoms with Crippen molar-refractivity contribution < 1.29 is 14.3 Å². The zero-order valence-corrected chi connectivity index (χ0v) is 23.8. The number of benzene rings is 1. The Hall–Kier alpha value is -1.52. The highest BCUT2D eigenvalue weighted by Gasteiger charge is 2.59. The largest absolute Gasteiger partial charge is 0.462 e. The number of alkyl halides is 2. The van der Waals surface area contributed by atoms with E-state index in [4.69, 9.17) is 27.9 Å². The number of hydrogen-bond donors (Lipinski definition) is 0. The standard InChI is InChI=1S/C31H41Cl2NO3/c1-30-13-11-24(35)20-22(30)5-8-25-26-9-10-28(31(26,2)14-12-27(25)30)37-29(36)19-21-3-6-23(7-4-21)34(17-15-32)18-16-33/h3-4,6-7,20,25-28H,5,8-19H2,1-2H3. The number of fused-ring (bicyclic) bond motifs is 5. The van der Waals surface area contributed by atoms with E-state index in [0.717, 1.165) is 56.4 Å². The van der Waals surface area contributed by atoms with Gasteiger partial charge in [-0.2, -0.15) is 0 Å². The Morgan fingerprint density at radius 3 is 2.41 bits per heavy atom. The second-order valence-corrected chi connectivity index (χ2v) is 13.0. The number of halogens is 2. The van der Waals surface area contributed by atoms with Gasteiger partial charge in [0.15, 0.2) is 5.78 Å². The van der Waals surface area contributed by atoms with Gasteiger partial charge in [-0.15, -0.1) is 23.2 Å². The van der Waals surface area contributed by atoms with E-state index in [2.05, 4.69) is 18.7 Å². The van der Waals surface area contributed by atoms with Crippen LogP contribution >= 0.6 is 23.2 Å². The molecule has 202 valence electrons. The van der Waals surface area contributed by atoms with Crippen molar-refractivity contribution in [2.45, 2.75) is 77.7 Å². The number of allylic oxidation sites excluding steroid dienone is 1. The molecule has 3 saturated carbocycles. The van der Waals surface area contributed by atoms with E-state index in [1.807, 2.05) is 30.3 Å². The minimum Gasteiger partial charge on any atom is -0.462 e. The molecule has 4 nitrogen and oxygen atoms in total. The van der Waals surface area contributed by atoms with Crippen molar-refractivity contribution >= 4 is 40.6 Å². The second-order valence-electron chi connectivity index (χ2n) is 12.3. The van der Waals surface area contributed by atoms with Crippen LogP contribution in [0.2, 0.25) is 0 Å². The molecule has 6 heteroatoms. The average molecular weight is 547 g/mol. The number of hydrogen-bond acceptors (Lipinski definition) is 4. The molecule has 6 atom stereocenters. The average Bonchev–Trinajstić information content (AvgIpc) is 3.20. The van der Waals surface area contributed by atoms with Gasteiger partial charge in [0.05, 0.1) is 6.42 Å². The predicted octanol–water partition coefficient (Wildman–Crippen LogP) is 6.96. The van der Waals surface area contributed by atoms with Crippen LogP contribution in [-0.2, 0) is 20.7 Å². The summed E-state index contributed by atoms with van der Waals surface area (Å²) in [6.07, 6.45) is 10.6. The number of esters is 1. The molecular weight excluding hydrogens is 505 g/mol. The van der Waals surface area contributed by atoms with Gasteiger partial charge in [0.1, 0.15) is 6.10 Å². The lowest BCUT2D eigenvalue weighted by Gasteiger charge is -2.57. The fraction of sp³-hybridized carbons (Fsp3) is 0.677. The van der Waals surface area contributed by atoms with Crippen molar-refractivity contribution in [1.29, 1.82) is 0 Å². The molecule has 6 unspecified atom stereocenters. The number of nitrogens with zero attached hydrogens (tertiary/aromatic N) is 1. The Morgan fingerprint density at radius 1 is 0.973 bits per heavy atom. The summed E-state index contributed by atoms with van der Waals surface area (Å²) in [6.45, 7) is 6.29. The molecule has 5 rings (SSSR count). The number of rotatable bonds is 8. The summed E-state index contributed by atoms with van der Waals surface area (Å²) >= 11 is 11.9. The predicted molar refractivity (Wildman–Crippen MR) is 150 cm³/mol. The van der Waals surface area contributed by atoms with Crippen molar-refractivity contribution in [2.75, 3.05) is 29.7 Å². The normalized spacial score (nSPS) is 34.7. The van der Waals surface area contributed by atoms with Crippen LogP contribution in [0.4, 0.5) is 5.69 Å². The molecule has 0 spiro atoms. The van der Waals surface area contributed by atoms with Gasteiger partial charge in [-0.3, -0.25) is 9.59 Å². The molecule has 0 bridgehead atoms. The third kappa shape index (κ3) is 5.10. The molecule has 0 N–H and O–H groups in total. The molecule has 37 heavy (non-hydrogen) atoms. The summed E-state index contributed by atoms with van der Waals surface area (Å²) in [7, 11) is 0. The van der Waals surface area contributed by atoms with Crippen LogP contribution in [0.1, 0.15) is 70.8 Å². The maximum atomic E-state index is 13.1. The van der Waals surface area contributed by atoms with Gasteiger partial charge in [0, 0.05) is 42.4 Å². The summed E-state index contributed by atoms with van der Waals surface area (Å²) in [4.78, 5) is 27.3. The van der Waals surface area contributed by atoms with Crippen molar-refractivity contribution in [3.05, 3.63) is 41.5 Å². The summed E-state index contributed by atoms with van der Waals surface area (Å²) < 4.78 is 6.23. The van der Waals surface area contributed by atoms with Gasteiger partial charge < -0.3 is 9.64 Å². The van der Waals surface area contributed by atoms with E-state index in [1.54, 1.807) is 0 Å². The van der Waals surface area contributed by atoms with E-state index in [-0.39, 0.29) is 22.9 Å². The number of ketones is 1. The topological polar surface area (TPSA) is 46.6 Å². The van der Waals surface area contributed by atoms with E-state index in [1.165, 1.54) is 18.4 Å². The lowest BCUT2D eigenvalue weighted by atomic mass is 9.47. The molecule has 4 aliphatic rings. The second kappa shape index (κ2) is 10.9. The number of carbonyl (C=O) groups is 2. The number of anilines is 1. The fourth-order valence-electron chi connectivity index (χ4n) is 8.47. The first-order valence-corrected chi connectivity index (χ1v) is 15.2. The van der Waals surface area contributed by atoms with Gasteiger partial charge in [-0.05, 0) is 91.9 Å². The molecule has 3 fully saturated rings. The monoisotopic (exact) mass is 545 g/mol. The van der Waals surface area contributed by atoms with Crippen molar-refractivity contribution in [2.24, 2.45) is 28.6 Å². The molecule has 0 heterocycles. The van der Waals surface area contributed by atoms with E-state index in [0.29, 0.717) is 48.1 Å². The summed E-state index contributed by atoms with van der Waals surface area (Å²) in [5.74, 6) is 3.23. The van der Waals surface area contributed by atoms with E-state index in [9.17, 15) is 9.59 Å². The van der Waals surface area contributed by atoms with Crippen LogP contribution < -0.4 is 4.90 Å². The van der Waals surface area contributed by atoms with Crippen LogP contribution in [0, 0.1) is 28.6 Å². The summed E-state index contributed by atoms with van der Waals surface area (Å²) in [5.41, 5.74) is 3.70. The highest BCUT2D eigenvalue weighted by molar-refractivity contribution is 6.18. The quantitative estimate of drug-likeness (QED) is 0.261. The van der Waals surface area contributed by atoms with Crippen LogP contribution in [-0.4, -0.2) is 42.7 Å². The number of carbonyl (C=O) groups excluding carboxylic acids is 2. The van der Waals surface area contributed by atoms with Crippen LogP contribution in [0.3, 0.4) is 0 Å². The van der Waals surface area contributed by atoms with Gasteiger partial charge in [0.25, 0.3) is 0 Å². The molecule has 1 aromatic rings. The van der Waals surface area contributed by atoms with Gasteiger partial charge >= 0.3 is 5.97 Å². The Morgan fingerprint density at radius 2 is 1.70 bits per heavy atom. The lowest BCUT2D eigenvalue weighted by Crippen LogP contribution is -2.51. The maximum Gasteiger partial charge on any atom is 0.310 e. The Bertz CT molecular complexity index is 1030. The summed E-state index contributed by atoms with van der Waals surface area (Å²) in [6, 6.07) is 8.11. The molecule has 0 saturated heterocycles. The molecular formula is C31H41Cl2NO3. The highest BCUT2D eigenvalue weighted by atomic mass is 35.5. The lowest BCUT2D eigenvalue weighted by molar-refractivity contribution is -0.159. The zero-order chi connectivity index (χ0) is 26.2. The molecule has 1 aromatic carbocycles. The van der Waals surface area contributed by atoms with Crippen LogP contribution in [0.25, 0.3) is 0 Å². The SMILES string of the molecule is CC12CCC(=O)C=C1CCC1C2CCC2(C)C(OC(=O)Cc3ccc(N(CCCl)CCCl)cc3)CCC12. The minimum atomic E-state index is -0.119. The molecule has 0 radical (unpaired) electrons. The van der Waals surface area contributed by atoms with Crippen LogP contribution in [0.15, 0.2) is 35.9 Å². The van der Waals surface area contributed by atoms with E-state index < -0.39 is 0 Å². The third-order valence-corrected chi connectivity index (χ3v) is 10.8.